The van der Waals surface area contributed by atoms with Crippen molar-refractivity contribution in [1.82, 2.24) is 0 Å². The molecular weight excluding hydrogens is 336 g/mol. The van der Waals surface area contributed by atoms with E-state index < -0.39 is 5.92 Å². The summed E-state index contributed by atoms with van der Waals surface area (Å²) in [5, 5.41) is 0. The van der Waals surface area contributed by atoms with Crippen molar-refractivity contribution in [3.63, 3.8) is 0 Å². The van der Waals surface area contributed by atoms with Crippen molar-refractivity contribution in [2.75, 3.05) is 0 Å². The predicted octanol–water partition coefficient (Wildman–Crippen LogP) is 4.53. The van der Waals surface area contributed by atoms with Crippen molar-refractivity contribution in [3.8, 4) is 0 Å². The second-order valence-electron chi connectivity index (χ2n) is 5.30. The molecule has 0 amide bonds. The number of Topliss-reactive ketones (excluding diaryl/α,β-unsaturated/α-hetero) is 2. The average molecular weight is 352 g/mol. The third-order valence-corrected chi connectivity index (χ3v) is 3.77. The molecule has 3 aromatic rings. The zero-order valence-electron chi connectivity index (χ0n) is 13.0. The van der Waals surface area contributed by atoms with Gasteiger partial charge in [-0.25, -0.2) is 0 Å². The van der Waals surface area contributed by atoms with Crippen LogP contribution >= 0.6 is 0 Å². The Morgan fingerprint density at radius 1 is 0.542 bits per heavy atom. The maximum absolute atomic E-state index is 12.9. The van der Waals surface area contributed by atoms with E-state index in [0.29, 0.717) is 11.1 Å². The van der Waals surface area contributed by atoms with Gasteiger partial charge in [0.15, 0.2) is 11.6 Å². The molecule has 24 heavy (non-hydrogen) atoms. The van der Waals surface area contributed by atoms with E-state index in [4.69, 9.17) is 0 Å². The number of rotatable bonds is 5. The maximum atomic E-state index is 12.9. The van der Waals surface area contributed by atoms with Gasteiger partial charge in [0, 0.05) is 28.5 Å². The smallest absolute Gasteiger partial charge is 0.178 e. The van der Waals surface area contributed by atoms with Crippen LogP contribution in [-0.2, 0) is 17.4 Å². The molecule has 0 spiro atoms. The Labute approximate surface area is 152 Å². The van der Waals surface area contributed by atoms with Crippen LogP contribution in [0.4, 0.5) is 0 Å². The zero-order valence-corrected chi connectivity index (χ0v) is 14.2. The van der Waals surface area contributed by atoms with Gasteiger partial charge in [0.1, 0.15) is 5.92 Å². The summed E-state index contributed by atoms with van der Waals surface area (Å²) in [6.07, 6.45) is 0. The van der Waals surface area contributed by atoms with Crippen LogP contribution in [0.25, 0.3) is 0 Å². The monoisotopic (exact) mass is 352 g/mol. The van der Waals surface area contributed by atoms with Crippen molar-refractivity contribution in [1.29, 1.82) is 0 Å². The zero-order chi connectivity index (χ0) is 16.1. The van der Waals surface area contributed by atoms with Crippen LogP contribution in [0.1, 0.15) is 32.2 Å². The van der Waals surface area contributed by atoms with E-state index in [1.807, 2.05) is 66.7 Å². The fourth-order valence-corrected chi connectivity index (χ4v) is 2.61. The number of carbonyl (C=O) groups excluding carboxylic acids is 2. The molecule has 0 aliphatic heterocycles. The topological polar surface area (TPSA) is 34.1 Å². The van der Waals surface area contributed by atoms with Gasteiger partial charge in [-0.2, -0.15) is 0 Å². The Hall–Kier alpha value is -2.47. The Kier molecular flexibility index (Phi) is 6.26. The summed E-state index contributed by atoms with van der Waals surface area (Å²) in [6, 6.07) is 27.1. The van der Waals surface area contributed by atoms with E-state index in [0.717, 1.165) is 5.56 Å². The molecule has 0 radical (unpaired) electrons. The van der Waals surface area contributed by atoms with Gasteiger partial charge in [-0.15, -0.1) is 0 Å². The van der Waals surface area contributed by atoms with Crippen molar-refractivity contribution in [2.24, 2.45) is 0 Å². The molecular formula is C21H16CrO2. The first-order valence-electron chi connectivity index (χ1n) is 7.51. The Balaban J connectivity index is 0.00000208. The van der Waals surface area contributed by atoms with Crippen LogP contribution in [0.15, 0.2) is 91.0 Å². The van der Waals surface area contributed by atoms with E-state index in [9.17, 15) is 9.59 Å². The molecule has 0 aliphatic rings. The third-order valence-electron chi connectivity index (χ3n) is 3.77. The number of hydrogen-bond acceptors (Lipinski definition) is 2. The SMILES string of the molecule is O=C(c1ccccc1)C(C(=O)c1ccccc1)c1ccccc1.[Cr]. The van der Waals surface area contributed by atoms with E-state index in [1.54, 1.807) is 24.3 Å². The van der Waals surface area contributed by atoms with Crippen LogP contribution in [0, 0.1) is 0 Å². The normalized spacial score (nSPS) is 10.0. The van der Waals surface area contributed by atoms with Crippen LogP contribution in [0.5, 0.6) is 0 Å². The molecule has 0 atom stereocenters. The van der Waals surface area contributed by atoms with Crippen LogP contribution < -0.4 is 0 Å². The molecule has 0 aromatic heterocycles. The molecule has 0 saturated carbocycles. The fraction of sp³-hybridized carbons (Fsp3) is 0.0476. The van der Waals surface area contributed by atoms with Gasteiger partial charge < -0.3 is 0 Å². The number of benzene rings is 3. The van der Waals surface area contributed by atoms with Crippen molar-refractivity contribution in [2.45, 2.75) is 5.92 Å². The molecule has 118 valence electrons. The summed E-state index contributed by atoms with van der Waals surface area (Å²) in [7, 11) is 0. The summed E-state index contributed by atoms with van der Waals surface area (Å²) in [4.78, 5) is 25.9. The second-order valence-corrected chi connectivity index (χ2v) is 5.30. The Bertz CT molecular complexity index is 748. The molecule has 0 aliphatic carbocycles. The Morgan fingerprint density at radius 3 is 1.25 bits per heavy atom. The van der Waals surface area contributed by atoms with Crippen LogP contribution in [0.2, 0.25) is 0 Å². The van der Waals surface area contributed by atoms with Gasteiger partial charge in [-0.05, 0) is 5.56 Å². The number of ketones is 2. The van der Waals surface area contributed by atoms with Gasteiger partial charge in [0.2, 0.25) is 0 Å². The van der Waals surface area contributed by atoms with E-state index >= 15 is 0 Å². The molecule has 3 rings (SSSR count). The summed E-state index contributed by atoms with van der Waals surface area (Å²) in [5.41, 5.74) is 1.81. The number of carbonyl (C=O) groups is 2. The largest absolute Gasteiger partial charge is 0.293 e. The first kappa shape index (κ1) is 17.9. The van der Waals surface area contributed by atoms with Gasteiger partial charge in [0.25, 0.3) is 0 Å². The Morgan fingerprint density at radius 2 is 0.875 bits per heavy atom. The first-order valence-corrected chi connectivity index (χ1v) is 7.51. The van der Waals surface area contributed by atoms with Crippen LogP contribution in [-0.4, -0.2) is 11.6 Å². The summed E-state index contributed by atoms with van der Waals surface area (Å²) < 4.78 is 0. The quantitative estimate of drug-likeness (QED) is 0.499. The van der Waals surface area contributed by atoms with Crippen molar-refractivity contribution in [3.05, 3.63) is 108 Å². The van der Waals surface area contributed by atoms with Gasteiger partial charge in [-0.3, -0.25) is 9.59 Å². The molecule has 0 saturated heterocycles. The van der Waals surface area contributed by atoms with Crippen LogP contribution in [0.3, 0.4) is 0 Å². The van der Waals surface area contributed by atoms with Gasteiger partial charge in [-0.1, -0.05) is 91.0 Å². The summed E-state index contributed by atoms with van der Waals surface area (Å²) in [6.45, 7) is 0. The summed E-state index contributed by atoms with van der Waals surface area (Å²) >= 11 is 0. The molecule has 0 heterocycles. The minimum absolute atomic E-state index is 0. The van der Waals surface area contributed by atoms with Gasteiger partial charge >= 0.3 is 0 Å². The van der Waals surface area contributed by atoms with E-state index in [2.05, 4.69) is 0 Å². The number of hydrogen-bond donors (Lipinski definition) is 0. The molecule has 2 nitrogen and oxygen atoms in total. The molecule has 0 unspecified atom stereocenters. The molecule has 0 fully saturated rings. The fourth-order valence-electron chi connectivity index (χ4n) is 2.61. The minimum Gasteiger partial charge on any atom is -0.293 e. The maximum Gasteiger partial charge on any atom is 0.178 e. The minimum atomic E-state index is -0.819. The predicted molar refractivity (Wildman–Crippen MR) is 90.7 cm³/mol. The molecule has 3 aromatic carbocycles. The average Bonchev–Trinajstić information content (AvgIpc) is 2.64. The van der Waals surface area contributed by atoms with Crippen molar-refractivity contribution >= 4 is 11.6 Å². The molecule has 0 N–H and O–H groups in total. The van der Waals surface area contributed by atoms with Crippen molar-refractivity contribution < 1.29 is 27.0 Å². The van der Waals surface area contributed by atoms with E-state index in [-0.39, 0.29) is 28.9 Å². The first-order chi connectivity index (χ1) is 11.3. The summed E-state index contributed by atoms with van der Waals surface area (Å²) in [5.74, 6) is -1.17. The second kappa shape index (κ2) is 8.40. The van der Waals surface area contributed by atoms with Gasteiger partial charge in [0.05, 0.1) is 0 Å². The molecule has 0 bridgehead atoms. The van der Waals surface area contributed by atoms with E-state index in [1.165, 1.54) is 0 Å². The third kappa shape index (κ3) is 3.89. The standard InChI is InChI=1S/C21H16O2.Cr/c22-20(17-12-6-2-7-13-17)19(16-10-4-1-5-11-16)21(23)18-14-8-3-9-15-18;/h1-15,19H;. The molecule has 3 heteroatoms.